The van der Waals surface area contributed by atoms with Gasteiger partial charge in [-0.2, -0.15) is 0 Å². The molecule has 1 aromatic carbocycles. The number of carboxylic acids is 1. The van der Waals surface area contributed by atoms with Crippen molar-refractivity contribution >= 4 is 23.3 Å². The van der Waals surface area contributed by atoms with Gasteiger partial charge in [0.2, 0.25) is 12.7 Å². The van der Waals surface area contributed by atoms with Gasteiger partial charge in [-0.05, 0) is 25.8 Å². The minimum atomic E-state index is -0.952. The largest absolute Gasteiger partial charge is 0.481 e. The highest BCUT2D eigenvalue weighted by Gasteiger charge is 2.36. The van der Waals surface area contributed by atoms with Crippen molar-refractivity contribution in [3.05, 3.63) is 17.7 Å². The van der Waals surface area contributed by atoms with Crippen LogP contribution in [0, 0.1) is 11.8 Å². The summed E-state index contributed by atoms with van der Waals surface area (Å²) in [5, 5.41) is 12.0. The second-order valence-corrected chi connectivity index (χ2v) is 6.13. The Bertz CT molecular complexity index is 699. The van der Waals surface area contributed by atoms with E-state index in [9.17, 15) is 19.5 Å². The molecule has 7 heteroatoms. The maximum absolute atomic E-state index is 12.6. The maximum Gasteiger partial charge on any atom is 0.307 e. The zero-order chi connectivity index (χ0) is 17.3. The van der Waals surface area contributed by atoms with Gasteiger partial charge in [-0.15, -0.1) is 0 Å². The molecule has 0 bridgehead atoms. The summed E-state index contributed by atoms with van der Waals surface area (Å²) in [5.74, 6) is -1.92. The first kappa shape index (κ1) is 16.3. The van der Waals surface area contributed by atoms with E-state index in [0.29, 0.717) is 35.6 Å². The van der Waals surface area contributed by atoms with Crippen molar-refractivity contribution in [2.24, 2.45) is 11.8 Å². The normalized spacial score (nSPS) is 22.0. The fourth-order valence-electron chi connectivity index (χ4n) is 3.30. The van der Waals surface area contributed by atoms with Crippen LogP contribution in [0.3, 0.4) is 0 Å². The lowest BCUT2D eigenvalue weighted by molar-refractivity contribution is -0.147. The van der Waals surface area contributed by atoms with Crippen molar-refractivity contribution in [1.29, 1.82) is 0 Å². The molecule has 1 aromatic rings. The van der Waals surface area contributed by atoms with Crippen LogP contribution in [-0.2, 0) is 9.59 Å². The van der Waals surface area contributed by atoms with E-state index in [1.807, 2.05) is 0 Å². The van der Waals surface area contributed by atoms with Gasteiger partial charge < -0.3 is 19.9 Å². The second kappa shape index (κ2) is 6.51. The first-order valence-electron chi connectivity index (χ1n) is 7.95. The molecule has 0 saturated heterocycles. The Hall–Kier alpha value is -2.57. The molecule has 2 atom stereocenters. The molecule has 1 aliphatic heterocycles. The number of ketones is 1. The topological polar surface area (TPSA) is 102 Å². The Kier molecular flexibility index (Phi) is 4.42. The number of anilines is 1. The van der Waals surface area contributed by atoms with E-state index in [0.717, 1.165) is 12.8 Å². The van der Waals surface area contributed by atoms with Gasteiger partial charge >= 0.3 is 5.97 Å². The molecule has 0 unspecified atom stereocenters. The van der Waals surface area contributed by atoms with Gasteiger partial charge in [-0.3, -0.25) is 14.4 Å². The minimum absolute atomic E-state index is 0.0633. The first-order chi connectivity index (χ1) is 11.5. The fraction of sp³-hybridized carbons (Fsp3) is 0.471. The third kappa shape index (κ3) is 3.06. The highest BCUT2D eigenvalue weighted by atomic mass is 16.7. The fourth-order valence-corrected chi connectivity index (χ4v) is 3.30. The number of rotatable bonds is 4. The van der Waals surface area contributed by atoms with Gasteiger partial charge in [-0.1, -0.05) is 12.8 Å². The summed E-state index contributed by atoms with van der Waals surface area (Å²) >= 11 is 0. The summed E-state index contributed by atoms with van der Waals surface area (Å²) in [6.07, 6.45) is 2.66. The molecule has 1 saturated carbocycles. The minimum Gasteiger partial charge on any atom is -0.481 e. The Balaban J connectivity index is 1.86. The number of fused-ring (bicyclic) bond motifs is 1. The third-order valence-corrected chi connectivity index (χ3v) is 4.57. The Morgan fingerprint density at radius 2 is 1.71 bits per heavy atom. The number of benzene rings is 1. The highest BCUT2D eigenvalue weighted by molar-refractivity contribution is 6.05. The van der Waals surface area contributed by atoms with Gasteiger partial charge in [-0.25, -0.2) is 0 Å². The number of carbonyl (C=O) groups is 3. The van der Waals surface area contributed by atoms with Crippen molar-refractivity contribution in [1.82, 2.24) is 0 Å². The SMILES string of the molecule is CC(=O)c1cc2c(cc1NC(=O)[C@H]1CCCC[C@H]1C(=O)O)OCO2. The van der Waals surface area contributed by atoms with Crippen LogP contribution in [0.15, 0.2) is 12.1 Å². The van der Waals surface area contributed by atoms with E-state index < -0.39 is 17.8 Å². The lowest BCUT2D eigenvalue weighted by Crippen LogP contribution is -2.36. The average molecular weight is 333 g/mol. The first-order valence-corrected chi connectivity index (χ1v) is 7.95. The lowest BCUT2D eigenvalue weighted by Gasteiger charge is -2.27. The zero-order valence-corrected chi connectivity index (χ0v) is 13.3. The predicted octanol–water partition coefficient (Wildman–Crippen LogP) is 2.45. The summed E-state index contributed by atoms with van der Waals surface area (Å²) in [4.78, 5) is 35.8. The number of amides is 1. The number of aliphatic carboxylic acids is 1. The van der Waals surface area contributed by atoms with Gasteiger partial charge in [0.1, 0.15) is 0 Å². The molecular formula is C17H19NO6. The van der Waals surface area contributed by atoms with E-state index >= 15 is 0 Å². The van der Waals surface area contributed by atoms with Crippen molar-refractivity contribution in [3.63, 3.8) is 0 Å². The number of Topliss-reactive ketones (excluding diaryl/α,β-unsaturated/α-hetero) is 1. The maximum atomic E-state index is 12.6. The zero-order valence-electron chi connectivity index (χ0n) is 13.3. The van der Waals surface area contributed by atoms with E-state index in [2.05, 4.69) is 5.32 Å². The molecule has 0 radical (unpaired) electrons. The molecule has 0 aromatic heterocycles. The van der Waals surface area contributed by atoms with E-state index in [1.165, 1.54) is 13.0 Å². The number of carboxylic acid groups (broad SMARTS) is 1. The van der Waals surface area contributed by atoms with Crippen molar-refractivity contribution in [3.8, 4) is 11.5 Å². The predicted molar refractivity (Wildman–Crippen MR) is 84.3 cm³/mol. The third-order valence-electron chi connectivity index (χ3n) is 4.57. The number of nitrogens with one attached hydrogen (secondary N) is 1. The number of ether oxygens (including phenoxy) is 2. The summed E-state index contributed by atoms with van der Waals surface area (Å²) in [6, 6.07) is 3.09. The Morgan fingerprint density at radius 1 is 1.08 bits per heavy atom. The van der Waals surface area contributed by atoms with Gasteiger partial charge in [0, 0.05) is 11.6 Å². The second-order valence-electron chi connectivity index (χ2n) is 6.13. The van der Waals surface area contributed by atoms with Gasteiger partial charge in [0.25, 0.3) is 0 Å². The molecule has 128 valence electrons. The van der Waals surface area contributed by atoms with Crippen LogP contribution >= 0.6 is 0 Å². The van der Waals surface area contributed by atoms with Gasteiger partial charge in [0.15, 0.2) is 17.3 Å². The van der Waals surface area contributed by atoms with E-state index in [-0.39, 0.29) is 18.5 Å². The summed E-state index contributed by atoms with van der Waals surface area (Å²) in [7, 11) is 0. The molecule has 1 aliphatic carbocycles. The number of hydrogen-bond donors (Lipinski definition) is 2. The average Bonchev–Trinajstić information content (AvgIpc) is 3.01. The molecular weight excluding hydrogens is 314 g/mol. The molecule has 24 heavy (non-hydrogen) atoms. The number of hydrogen-bond acceptors (Lipinski definition) is 5. The molecule has 7 nitrogen and oxygen atoms in total. The highest BCUT2D eigenvalue weighted by Crippen LogP contribution is 2.38. The lowest BCUT2D eigenvalue weighted by atomic mass is 9.78. The summed E-state index contributed by atoms with van der Waals surface area (Å²) in [6.45, 7) is 1.46. The Labute approximate surface area is 138 Å². The monoisotopic (exact) mass is 333 g/mol. The molecule has 1 amide bonds. The van der Waals surface area contributed by atoms with Crippen molar-refractivity contribution < 1.29 is 29.0 Å². The molecule has 1 heterocycles. The van der Waals surface area contributed by atoms with Crippen LogP contribution < -0.4 is 14.8 Å². The van der Waals surface area contributed by atoms with Crippen LogP contribution in [0.1, 0.15) is 43.0 Å². The van der Waals surface area contributed by atoms with E-state index in [4.69, 9.17) is 9.47 Å². The van der Waals surface area contributed by atoms with Crippen molar-refractivity contribution in [2.75, 3.05) is 12.1 Å². The smallest absolute Gasteiger partial charge is 0.307 e. The standard InChI is InChI=1S/C17H19NO6/c1-9(19)12-6-14-15(24-8-23-14)7-13(12)18-16(20)10-4-2-3-5-11(10)17(21)22/h6-7,10-11H,2-5,8H2,1H3,(H,18,20)(H,21,22)/t10-,11+/m0/s1. The molecule has 3 rings (SSSR count). The number of carbonyl (C=O) groups excluding carboxylic acids is 2. The molecule has 0 spiro atoms. The van der Waals surface area contributed by atoms with E-state index in [1.54, 1.807) is 6.07 Å². The van der Waals surface area contributed by atoms with Crippen LogP contribution in [0.2, 0.25) is 0 Å². The quantitative estimate of drug-likeness (QED) is 0.821. The Morgan fingerprint density at radius 3 is 2.33 bits per heavy atom. The van der Waals surface area contributed by atoms with Crippen LogP contribution in [0.4, 0.5) is 5.69 Å². The molecule has 2 N–H and O–H groups in total. The summed E-state index contributed by atoms with van der Waals surface area (Å²) < 4.78 is 10.5. The summed E-state index contributed by atoms with van der Waals surface area (Å²) in [5.41, 5.74) is 0.641. The van der Waals surface area contributed by atoms with Gasteiger partial charge in [0.05, 0.1) is 17.5 Å². The van der Waals surface area contributed by atoms with Crippen LogP contribution in [-0.4, -0.2) is 29.6 Å². The molecule has 2 aliphatic rings. The van der Waals surface area contributed by atoms with Crippen LogP contribution in [0.25, 0.3) is 0 Å². The molecule has 1 fully saturated rings. The van der Waals surface area contributed by atoms with Crippen molar-refractivity contribution in [2.45, 2.75) is 32.6 Å². The van der Waals surface area contributed by atoms with Crippen LogP contribution in [0.5, 0.6) is 11.5 Å².